The molecule has 0 aliphatic heterocycles. The van der Waals surface area contributed by atoms with Crippen LogP contribution >= 0.6 is 0 Å². The van der Waals surface area contributed by atoms with Gasteiger partial charge in [0, 0.05) is 12.4 Å². The molecule has 2 rings (SSSR count). The highest BCUT2D eigenvalue weighted by molar-refractivity contribution is 5.62. The quantitative estimate of drug-likeness (QED) is 0.821. The van der Waals surface area contributed by atoms with E-state index in [4.69, 9.17) is 5.73 Å². The van der Waals surface area contributed by atoms with E-state index in [-0.39, 0.29) is 0 Å². The van der Waals surface area contributed by atoms with E-state index in [0.29, 0.717) is 6.54 Å². The van der Waals surface area contributed by atoms with Gasteiger partial charge in [-0.3, -0.25) is 4.98 Å². The Kier molecular flexibility index (Phi) is 3.10. The van der Waals surface area contributed by atoms with Crippen LogP contribution in [0.5, 0.6) is 0 Å². The maximum Gasteiger partial charge on any atom is 0.0346 e. The van der Waals surface area contributed by atoms with E-state index in [1.165, 1.54) is 11.1 Å². The van der Waals surface area contributed by atoms with E-state index in [1.807, 2.05) is 12.3 Å². The van der Waals surface area contributed by atoms with Crippen molar-refractivity contribution in [2.24, 2.45) is 5.73 Å². The molecule has 0 saturated carbocycles. The number of nitrogens with zero attached hydrogens (tertiary/aromatic N) is 1. The van der Waals surface area contributed by atoms with Crippen molar-refractivity contribution >= 4 is 0 Å². The number of benzene rings is 1. The van der Waals surface area contributed by atoms with Gasteiger partial charge in [0.15, 0.2) is 0 Å². The van der Waals surface area contributed by atoms with Crippen molar-refractivity contribution in [2.45, 2.75) is 6.42 Å². The summed E-state index contributed by atoms with van der Waals surface area (Å²) in [7, 11) is 0. The van der Waals surface area contributed by atoms with Gasteiger partial charge in [-0.2, -0.15) is 0 Å². The molecule has 0 aliphatic carbocycles. The molecular weight excluding hydrogens is 184 g/mol. The van der Waals surface area contributed by atoms with E-state index in [9.17, 15) is 0 Å². The van der Waals surface area contributed by atoms with Crippen LogP contribution in [0.25, 0.3) is 11.1 Å². The van der Waals surface area contributed by atoms with Gasteiger partial charge in [0.2, 0.25) is 0 Å². The molecule has 0 saturated heterocycles. The van der Waals surface area contributed by atoms with Crippen molar-refractivity contribution in [1.29, 1.82) is 0 Å². The van der Waals surface area contributed by atoms with Gasteiger partial charge in [0.05, 0.1) is 0 Å². The lowest BCUT2D eigenvalue weighted by Gasteiger charge is -2.03. The Labute approximate surface area is 89.8 Å². The third-order valence-corrected chi connectivity index (χ3v) is 2.35. The lowest BCUT2D eigenvalue weighted by molar-refractivity contribution is 0.969. The van der Waals surface area contributed by atoms with Gasteiger partial charge in [-0.05, 0) is 35.7 Å². The Balaban J connectivity index is 2.33. The summed E-state index contributed by atoms with van der Waals surface area (Å²) >= 11 is 0. The summed E-state index contributed by atoms with van der Waals surface area (Å²) in [5, 5.41) is 0. The largest absolute Gasteiger partial charge is 0.330 e. The highest BCUT2D eigenvalue weighted by Crippen LogP contribution is 2.19. The Morgan fingerprint density at radius 3 is 2.67 bits per heavy atom. The minimum absolute atomic E-state index is 0.691. The minimum atomic E-state index is 0.691. The first-order valence-electron chi connectivity index (χ1n) is 5.09. The molecule has 0 aliphatic rings. The van der Waals surface area contributed by atoms with Crippen molar-refractivity contribution in [3.8, 4) is 11.1 Å². The zero-order valence-corrected chi connectivity index (χ0v) is 8.56. The van der Waals surface area contributed by atoms with Crippen LogP contribution in [-0.4, -0.2) is 11.5 Å². The molecule has 2 N–H and O–H groups in total. The summed E-state index contributed by atoms with van der Waals surface area (Å²) in [5.74, 6) is 0. The molecule has 0 amide bonds. The Bertz CT molecular complexity index is 424. The summed E-state index contributed by atoms with van der Waals surface area (Å²) in [6.07, 6.45) is 4.59. The predicted molar refractivity (Wildman–Crippen MR) is 62.4 cm³/mol. The first-order chi connectivity index (χ1) is 7.40. The fraction of sp³-hybridized carbons (Fsp3) is 0.154. The van der Waals surface area contributed by atoms with Gasteiger partial charge < -0.3 is 5.73 Å². The standard InChI is InChI=1S/C13H14N2/c14-7-6-11-3-1-4-12(9-11)13-5-2-8-15-10-13/h1-5,8-10H,6-7,14H2. The van der Waals surface area contributed by atoms with Crippen LogP contribution in [0.1, 0.15) is 5.56 Å². The number of nitrogens with two attached hydrogens (primary N) is 1. The monoisotopic (exact) mass is 198 g/mol. The smallest absolute Gasteiger partial charge is 0.0346 e. The van der Waals surface area contributed by atoms with Crippen LogP contribution in [-0.2, 0) is 6.42 Å². The molecule has 1 heterocycles. The highest BCUT2D eigenvalue weighted by Gasteiger charge is 1.98. The molecule has 76 valence electrons. The van der Waals surface area contributed by atoms with E-state index in [1.54, 1.807) is 6.20 Å². The maximum atomic E-state index is 5.54. The lowest BCUT2D eigenvalue weighted by Crippen LogP contribution is -2.02. The average Bonchev–Trinajstić information content (AvgIpc) is 2.31. The van der Waals surface area contributed by atoms with Gasteiger partial charge in [-0.25, -0.2) is 0 Å². The first kappa shape index (κ1) is 9.87. The van der Waals surface area contributed by atoms with Crippen LogP contribution in [0, 0.1) is 0 Å². The molecular formula is C13H14N2. The molecule has 0 radical (unpaired) electrons. The average molecular weight is 198 g/mol. The Morgan fingerprint density at radius 2 is 1.93 bits per heavy atom. The van der Waals surface area contributed by atoms with Gasteiger partial charge in [-0.1, -0.05) is 30.3 Å². The molecule has 2 nitrogen and oxygen atoms in total. The number of hydrogen-bond acceptors (Lipinski definition) is 2. The third-order valence-electron chi connectivity index (χ3n) is 2.35. The molecule has 0 bridgehead atoms. The van der Waals surface area contributed by atoms with Crippen molar-refractivity contribution in [3.05, 3.63) is 54.4 Å². The molecule has 1 aromatic heterocycles. The van der Waals surface area contributed by atoms with Gasteiger partial charge >= 0.3 is 0 Å². The molecule has 0 unspecified atom stereocenters. The Hall–Kier alpha value is -1.67. The van der Waals surface area contributed by atoms with Gasteiger partial charge in [0.1, 0.15) is 0 Å². The van der Waals surface area contributed by atoms with Crippen molar-refractivity contribution in [2.75, 3.05) is 6.54 Å². The fourth-order valence-electron chi connectivity index (χ4n) is 1.61. The molecule has 2 aromatic rings. The van der Waals surface area contributed by atoms with E-state index >= 15 is 0 Å². The molecule has 2 heteroatoms. The predicted octanol–water partition coefficient (Wildman–Crippen LogP) is 2.25. The summed E-state index contributed by atoms with van der Waals surface area (Å²) in [6, 6.07) is 12.4. The number of aromatic nitrogens is 1. The SMILES string of the molecule is NCCc1cccc(-c2cccnc2)c1. The van der Waals surface area contributed by atoms with Crippen LogP contribution < -0.4 is 5.73 Å². The van der Waals surface area contributed by atoms with Crippen LogP contribution in [0.3, 0.4) is 0 Å². The Morgan fingerprint density at radius 1 is 1.07 bits per heavy atom. The lowest BCUT2D eigenvalue weighted by atomic mass is 10.0. The second-order valence-corrected chi connectivity index (χ2v) is 3.48. The molecule has 0 atom stereocenters. The molecule has 0 fully saturated rings. The second kappa shape index (κ2) is 4.71. The van der Waals surface area contributed by atoms with Crippen molar-refractivity contribution < 1.29 is 0 Å². The van der Waals surface area contributed by atoms with Crippen LogP contribution in [0.2, 0.25) is 0 Å². The van der Waals surface area contributed by atoms with Crippen LogP contribution in [0.4, 0.5) is 0 Å². The van der Waals surface area contributed by atoms with Crippen molar-refractivity contribution in [1.82, 2.24) is 4.98 Å². The normalized spacial score (nSPS) is 10.2. The van der Waals surface area contributed by atoms with Gasteiger partial charge in [0.25, 0.3) is 0 Å². The summed E-state index contributed by atoms with van der Waals surface area (Å²) in [4.78, 5) is 4.11. The number of hydrogen-bond donors (Lipinski definition) is 1. The fourth-order valence-corrected chi connectivity index (χ4v) is 1.61. The van der Waals surface area contributed by atoms with E-state index in [2.05, 4.69) is 35.3 Å². The van der Waals surface area contributed by atoms with Crippen molar-refractivity contribution in [3.63, 3.8) is 0 Å². The maximum absolute atomic E-state index is 5.54. The van der Waals surface area contributed by atoms with E-state index < -0.39 is 0 Å². The zero-order valence-electron chi connectivity index (χ0n) is 8.56. The number of pyridine rings is 1. The molecule has 1 aromatic carbocycles. The highest BCUT2D eigenvalue weighted by atomic mass is 14.6. The van der Waals surface area contributed by atoms with Crippen LogP contribution in [0.15, 0.2) is 48.8 Å². The molecule has 0 spiro atoms. The number of rotatable bonds is 3. The summed E-state index contributed by atoms with van der Waals surface area (Å²) in [6.45, 7) is 0.691. The topological polar surface area (TPSA) is 38.9 Å². The summed E-state index contributed by atoms with van der Waals surface area (Å²) < 4.78 is 0. The van der Waals surface area contributed by atoms with E-state index in [0.717, 1.165) is 12.0 Å². The minimum Gasteiger partial charge on any atom is -0.330 e. The third kappa shape index (κ3) is 2.42. The zero-order chi connectivity index (χ0) is 10.5. The van der Waals surface area contributed by atoms with Gasteiger partial charge in [-0.15, -0.1) is 0 Å². The first-order valence-corrected chi connectivity index (χ1v) is 5.09. The molecule has 15 heavy (non-hydrogen) atoms. The summed E-state index contributed by atoms with van der Waals surface area (Å²) in [5.41, 5.74) is 9.17. The second-order valence-electron chi connectivity index (χ2n) is 3.48.